The SMILES string of the molecule is CN=C(NCCc1ccccc1OC)NCC(c1cccc(Cl)c1)N1CCOCC1.I. The molecular weight excluding hydrogens is 527 g/mol. The second-order valence-corrected chi connectivity index (χ2v) is 7.60. The Bertz CT molecular complexity index is 831. The second kappa shape index (κ2) is 13.8. The van der Waals surface area contributed by atoms with Crippen molar-refractivity contribution >= 4 is 41.5 Å². The highest BCUT2D eigenvalue weighted by Crippen LogP contribution is 2.24. The molecule has 0 saturated carbocycles. The quantitative estimate of drug-likeness (QED) is 0.294. The molecule has 1 unspecified atom stereocenters. The molecule has 1 heterocycles. The number of rotatable bonds is 8. The van der Waals surface area contributed by atoms with Gasteiger partial charge in [-0.3, -0.25) is 9.89 Å². The summed E-state index contributed by atoms with van der Waals surface area (Å²) in [6, 6.07) is 16.4. The van der Waals surface area contributed by atoms with Crippen LogP contribution < -0.4 is 15.4 Å². The predicted octanol–water partition coefficient (Wildman–Crippen LogP) is 3.75. The van der Waals surface area contributed by atoms with Crippen LogP contribution in [0.3, 0.4) is 0 Å². The topological polar surface area (TPSA) is 58.1 Å². The average molecular weight is 559 g/mol. The van der Waals surface area contributed by atoms with Crippen LogP contribution in [-0.2, 0) is 11.2 Å². The number of guanidine groups is 1. The normalized spacial score (nSPS) is 15.6. The zero-order valence-electron chi connectivity index (χ0n) is 18.1. The number of aliphatic imine (C=N–C) groups is 1. The van der Waals surface area contributed by atoms with Gasteiger partial charge in [0, 0.05) is 38.2 Å². The van der Waals surface area contributed by atoms with Gasteiger partial charge in [0.1, 0.15) is 5.75 Å². The van der Waals surface area contributed by atoms with Crippen LogP contribution in [0.25, 0.3) is 0 Å². The van der Waals surface area contributed by atoms with E-state index in [-0.39, 0.29) is 30.0 Å². The number of benzene rings is 2. The molecule has 8 heteroatoms. The van der Waals surface area contributed by atoms with Crippen LogP contribution in [0.1, 0.15) is 17.2 Å². The molecule has 0 spiro atoms. The van der Waals surface area contributed by atoms with Gasteiger partial charge in [-0.1, -0.05) is 41.9 Å². The molecule has 6 nitrogen and oxygen atoms in total. The van der Waals surface area contributed by atoms with E-state index in [4.69, 9.17) is 21.1 Å². The van der Waals surface area contributed by atoms with Gasteiger partial charge < -0.3 is 20.1 Å². The van der Waals surface area contributed by atoms with Crippen molar-refractivity contribution in [2.24, 2.45) is 4.99 Å². The monoisotopic (exact) mass is 558 g/mol. The summed E-state index contributed by atoms with van der Waals surface area (Å²) in [6.45, 7) is 4.80. The van der Waals surface area contributed by atoms with Gasteiger partial charge in [0.15, 0.2) is 5.96 Å². The minimum absolute atomic E-state index is 0. The molecule has 0 aromatic heterocycles. The van der Waals surface area contributed by atoms with Gasteiger partial charge in [0.05, 0.1) is 26.4 Å². The van der Waals surface area contributed by atoms with Gasteiger partial charge in [-0.15, -0.1) is 24.0 Å². The van der Waals surface area contributed by atoms with Crippen molar-refractivity contribution in [1.82, 2.24) is 15.5 Å². The van der Waals surface area contributed by atoms with E-state index in [0.717, 1.165) is 62.5 Å². The molecule has 1 saturated heterocycles. The third-order valence-electron chi connectivity index (χ3n) is 5.29. The standard InChI is InChI=1S/C23H31ClN4O2.HI/c1-25-23(26-11-10-18-6-3-4-9-22(18)29-2)27-17-21(28-12-14-30-15-13-28)19-7-5-8-20(24)16-19;/h3-9,16,21H,10-15,17H2,1-2H3,(H2,25,26,27);1H. The zero-order valence-corrected chi connectivity index (χ0v) is 21.2. The van der Waals surface area contributed by atoms with Gasteiger partial charge in [0.25, 0.3) is 0 Å². The number of hydrogen-bond donors (Lipinski definition) is 2. The molecule has 2 N–H and O–H groups in total. The molecule has 1 atom stereocenters. The minimum atomic E-state index is 0. The van der Waals surface area contributed by atoms with E-state index in [9.17, 15) is 0 Å². The highest BCUT2D eigenvalue weighted by molar-refractivity contribution is 14.0. The lowest BCUT2D eigenvalue weighted by atomic mass is 10.0. The summed E-state index contributed by atoms with van der Waals surface area (Å²) >= 11 is 6.26. The summed E-state index contributed by atoms with van der Waals surface area (Å²) in [6.07, 6.45) is 0.853. The molecule has 1 aliphatic rings. The number of nitrogens with one attached hydrogen (secondary N) is 2. The largest absolute Gasteiger partial charge is 0.496 e. The maximum absolute atomic E-state index is 6.26. The predicted molar refractivity (Wildman–Crippen MR) is 138 cm³/mol. The molecule has 2 aromatic carbocycles. The van der Waals surface area contributed by atoms with Gasteiger partial charge in [0.2, 0.25) is 0 Å². The highest BCUT2D eigenvalue weighted by atomic mass is 127. The van der Waals surface area contributed by atoms with E-state index >= 15 is 0 Å². The average Bonchev–Trinajstić information content (AvgIpc) is 2.79. The summed E-state index contributed by atoms with van der Waals surface area (Å²) < 4.78 is 11.0. The van der Waals surface area contributed by atoms with Gasteiger partial charge in [-0.25, -0.2) is 0 Å². The maximum Gasteiger partial charge on any atom is 0.191 e. The van der Waals surface area contributed by atoms with Gasteiger partial charge in [-0.05, 0) is 35.7 Å². The fourth-order valence-corrected chi connectivity index (χ4v) is 3.90. The smallest absolute Gasteiger partial charge is 0.191 e. The van der Waals surface area contributed by atoms with Gasteiger partial charge >= 0.3 is 0 Å². The van der Waals surface area contributed by atoms with Crippen LogP contribution >= 0.6 is 35.6 Å². The van der Waals surface area contributed by atoms with E-state index < -0.39 is 0 Å². The Morgan fingerprint density at radius 1 is 1.16 bits per heavy atom. The highest BCUT2D eigenvalue weighted by Gasteiger charge is 2.23. The Morgan fingerprint density at radius 2 is 1.94 bits per heavy atom. The molecule has 3 rings (SSSR count). The number of para-hydroxylation sites is 1. The minimum Gasteiger partial charge on any atom is -0.496 e. The third kappa shape index (κ3) is 7.82. The van der Waals surface area contributed by atoms with Crippen LogP contribution in [-0.4, -0.2) is 64.4 Å². The van der Waals surface area contributed by atoms with Crippen molar-refractivity contribution in [2.75, 3.05) is 53.6 Å². The molecule has 1 aliphatic heterocycles. The number of nitrogens with zero attached hydrogens (tertiary/aromatic N) is 2. The summed E-state index contributed by atoms with van der Waals surface area (Å²) in [5.74, 6) is 1.70. The van der Waals surface area contributed by atoms with Crippen molar-refractivity contribution in [2.45, 2.75) is 12.5 Å². The summed E-state index contributed by atoms with van der Waals surface area (Å²) in [5, 5.41) is 7.64. The van der Waals surface area contributed by atoms with Crippen molar-refractivity contribution in [3.63, 3.8) is 0 Å². The lowest BCUT2D eigenvalue weighted by Gasteiger charge is -2.35. The van der Waals surface area contributed by atoms with Crippen molar-refractivity contribution in [3.8, 4) is 5.75 Å². The summed E-state index contributed by atoms with van der Waals surface area (Å²) in [5.41, 5.74) is 2.37. The Kier molecular flexibility index (Phi) is 11.4. The molecule has 1 fully saturated rings. The van der Waals surface area contributed by atoms with E-state index in [1.54, 1.807) is 14.2 Å². The zero-order chi connectivity index (χ0) is 21.2. The van der Waals surface area contributed by atoms with Crippen LogP contribution in [0.15, 0.2) is 53.5 Å². The number of hydrogen-bond acceptors (Lipinski definition) is 4. The van der Waals surface area contributed by atoms with Crippen LogP contribution in [0.5, 0.6) is 5.75 Å². The van der Waals surface area contributed by atoms with Crippen LogP contribution in [0, 0.1) is 0 Å². The molecule has 2 aromatic rings. The first-order valence-corrected chi connectivity index (χ1v) is 10.7. The molecule has 170 valence electrons. The van der Waals surface area contributed by atoms with E-state index in [0.29, 0.717) is 0 Å². The van der Waals surface area contributed by atoms with Crippen LogP contribution in [0.2, 0.25) is 5.02 Å². The number of morpholine rings is 1. The van der Waals surface area contributed by atoms with Crippen molar-refractivity contribution in [1.29, 1.82) is 0 Å². The third-order valence-corrected chi connectivity index (χ3v) is 5.52. The molecular formula is C23H32ClIN4O2. The number of halogens is 2. The number of ether oxygens (including phenoxy) is 2. The fraction of sp³-hybridized carbons (Fsp3) is 0.435. The Morgan fingerprint density at radius 3 is 2.65 bits per heavy atom. The number of methoxy groups -OCH3 is 1. The van der Waals surface area contributed by atoms with E-state index in [1.165, 1.54) is 11.1 Å². The fourth-order valence-electron chi connectivity index (χ4n) is 3.70. The molecule has 0 bridgehead atoms. The first-order valence-electron chi connectivity index (χ1n) is 10.3. The first-order chi connectivity index (χ1) is 14.7. The lowest BCUT2D eigenvalue weighted by Crippen LogP contribution is -2.46. The molecule has 0 aliphatic carbocycles. The van der Waals surface area contributed by atoms with Crippen molar-refractivity contribution < 1.29 is 9.47 Å². The molecule has 0 radical (unpaired) electrons. The van der Waals surface area contributed by atoms with Crippen molar-refractivity contribution in [3.05, 3.63) is 64.7 Å². The van der Waals surface area contributed by atoms with E-state index in [1.807, 2.05) is 36.4 Å². The summed E-state index contributed by atoms with van der Waals surface area (Å²) in [7, 11) is 3.50. The van der Waals surface area contributed by atoms with E-state index in [2.05, 4.69) is 32.7 Å². The Hall–Kier alpha value is -1.55. The maximum atomic E-state index is 6.26. The van der Waals surface area contributed by atoms with Crippen LogP contribution in [0.4, 0.5) is 0 Å². The Balaban J connectivity index is 0.00000341. The molecule has 31 heavy (non-hydrogen) atoms. The Labute approximate surface area is 207 Å². The molecule has 0 amide bonds. The first kappa shape index (κ1) is 25.7. The lowest BCUT2D eigenvalue weighted by molar-refractivity contribution is 0.0170. The van der Waals surface area contributed by atoms with Gasteiger partial charge in [-0.2, -0.15) is 0 Å². The second-order valence-electron chi connectivity index (χ2n) is 7.16. The summed E-state index contributed by atoms with van der Waals surface area (Å²) in [4.78, 5) is 6.82.